The first kappa shape index (κ1) is 5.96. The van der Waals surface area contributed by atoms with Crippen LogP contribution in [-0.2, 0) is 4.79 Å². The maximum atomic E-state index is 9.94. The highest BCUT2D eigenvalue weighted by molar-refractivity contribution is 5.72. The topological polar surface area (TPSA) is 52.9 Å². The standard InChI is InChI=1S/C4H6N2O/c1-4(7)6-3-2-5/h3H2,1H3,(H,6,7). The van der Waals surface area contributed by atoms with Crippen LogP contribution in [0.5, 0.6) is 0 Å². The maximum Gasteiger partial charge on any atom is 0.217 e. The van der Waals surface area contributed by atoms with Crippen LogP contribution >= 0.6 is 0 Å². The monoisotopic (exact) mass is 98.0 g/mol. The molecule has 0 aliphatic heterocycles. The summed E-state index contributed by atoms with van der Waals surface area (Å²) in [6, 6.07) is 1.77. The van der Waals surface area contributed by atoms with Crippen molar-refractivity contribution in [2.75, 3.05) is 6.54 Å². The Hall–Kier alpha value is -1.04. The zero-order valence-corrected chi connectivity index (χ0v) is 4.06. The van der Waals surface area contributed by atoms with Gasteiger partial charge in [0.1, 0.15) is 6.54 Å². The highest BCUT2D eigenvalue weighted by Crippen LogP contribution is 1.54. The molecule has 0 saturated heterocycles. The molecule has 3 heteroatoms. The van der Waals surface area contributed by atoms with Crippen LogP contribution in [-0.4, -0.2) is 12.5 Å². The summed E-state index contributed by atoms with van der Waals surface area (Å²) in [6.07, 6.45) is 0. The number of hydrogen-bond donors (Lipinski definition) is 1. The Morgan fingerprint density at radius 3 is 2.71 bits per heavy atom. The second-order valence-corrected chi connectivity index (χ2v) is 1.07. The number of nitrogens with one attached hydrogen (secondary N) is 1. The average molecular weight is 98.1 g/mol. The van der Waals surface area contributed by atoms with Gasteiger partial charge in [-0.15, -0.1) is 0 Å². The number of nitrogens with zero attached hydrogens (tertiary/aromatic N) is 1. The summed E-state index contributed by atoms with van der Waals surface area (Å²) in [6.45, 7) is 1.48. The summed E-state index contributed by atoms with van der Waals surface area (Å²) >= 11 is 0. The van der Waals surface area contributed by atoms with E-state index < -0.39 is 0 Å². The summed E-state index contributed by atoms with van der Waals surface area (Å²) in [5, 5.41) is 10.1. The number of hydrogen-bond acceptors (Lipinski definition) is 2. The summed E-state index contributed by atoms with van der Waals surface area (Å²) in [5.74, 6) is -0.165. The first-order valence-corrected chi connectivity index (χ1v) is 1.88. The van der Waals surface area contributed by atoms with Crippen molar-refractivity contribution < 1.29 is 4.79 Å². The van der Waals surface area contributed by atoms with Crippen molar-refractivity contribution in [1.29, 1.82) is 5.26 Å². The fraction of sp³-hybridized carbons (Fsp3) is 0.500. The van der Waals surface area contributed by atoms with Gasteiger partial charge in [-0.3, -0.25) is 4.79 Å². The predicted octanol–water partition coefficient (Wildman–Crippen LogP) is -0.354. The van der Waals surface area contributed by atoms with E-state index in [4.69, 9.17) is 5.26 Å². The Kier molecular flexibility index (Phi) is 2.69. The van der Waals surface area contributed by atoms with Crippen LogP contribution in [0.15, 0.2) is 0 Å². The summed E-state index contributed by atoms with van der Waals surface area (Å²) < 4.78 is 0. The normalized spacial score (nSPS) is 6.86. The van der Waals surface area contributed by atoms with Crippen molar-refractivity contribution >= 4 is 5.91 Å². The molecule has 0 aliphatic carbocycles. The Morgan fingerprint density at radius 1 is 2.00 bits per heavy atom. The summed E-state index contributed by atoms with van der Waals surface area (Å²) in [4.78, 5) is 9.94. The minimum absolute atomic E-state index is 0.106. The molecule has 0 rings (SSSR count). The van der Waals surface area contributed by atoms with Crippen LogP contribution in [0.2, 0.25) is 0 Å². The van der Waals surface area contributed by atoms with Crippen molar-refractivity contribution in [3.05, 3.63) is 0 Å². The van der Waals surface area contributed by atoms with Gasteiger partial charge in [-0.2, -0.15) is 5.26 Å². The third kappa shape index (κ3) is 4.96. The molecule has 0 aliphatic rings. The Morgan fingerprint density at radius 2 is 2.57 bits per heavy atom. The third-order valence-corrected chi connectivity index (χ3v) is 0.416. The highest BCUT2D eigenvalue weighted by atomic mass is 16.1. The van der Waals surface area contributed by atoms with Crippen LogP contribution < -0.4 is 5.32 Å². The van der Waals surface area contributed by atoms with Gasteiger partial charge in [0.25, 0.3) is 0 Å². The molecule has 0 spiro atoms. The van der Waals surface area contributed by atoms with Crippen molar-refractivity contribution in [1.82, 2.24) is 5.32 Å². The zero-order chi connectivity index (χ0) is 5.70. The van der Waals surface area contributed by atoms with Crippen LogP contribution in [0.1, 0.15) is 6.92 Å². The predicted molar refractivity (Wildman–Crippen MR) is 24.3 cm³/mol. The van der Waals surface area contributed by atoms with Gasteiger partial charge in [-0.05, 0) is 0 Å². The molecule has 0 unspecified atom stereocenters. The second kappa shape index (κ2) is 3.16. The molecule has 38 valence electrons. The fourth-order valence-corrected chi connectivity index (χ4v) is 0.164. The van der Waals surface area contributed by atoms with Crippen LogP contribution in [0, 0.1) is 11.3 Å². The lowest BCUT2D eigenvalue weighted by molar-refractivity contribution is -0.118. The van der Waals surface area contributed by atoms with Gasteiger partial charge < -0.3 is 5.32 Å². The second-order valence-electron chi connectivity index (χ2n) is 1.07. The van der Waals surface area contributed by atoms with Gasteiger partial charge in [-0.1, -0.05) is 0 Å². The van der Waals surface area contributed by atoms with E-state index in [1.165, 1.54) is 6.92 Å². The van der Waals surface area contributed by atoms with Crippen molar-refractivity contribution in [2.45, 2.75) is 6.92 Å². The van der Waals surface area contributed by atoms with Crippen LogP contribution in [0.4, 0.5) is 0 Å². The quantitative estimate of drug-likeness (QED) is 0.455. The smallest absolute Gasteiger partial charge is 0.217 e. The molecule has 3 nitrogen and oxygen atoms in total. The molecule has 7 heavy (non-hydrogen) atoms. The van der Waals surface area contributed by atoms with E-state index in [-0.39, 0.29) is 12.5 Å². The number of nitriles is 1. The summed E-state index contributed by atoms with van der Waals surface area (Å²) in [5.41, 5.74) is 0. The minimum Gasteiger partial charge on any atom is -0.343 e. The SMILES string of the molecule is CC(=O)NCC#N. The molecule has 0 fully saturated rings. The highest BCUT2D eigenvalue weighted by Gasteiger charge is 1.82. The first-order valence-electron chi connectivity index (χ1n) is 1.88. The first-order chi connectivity index (χ1) is 3.27. The van der Waals surface area contributed by atoms with Crippen molar-refractivity contribution in [3.8, 4) is 6.07 Å². The van der Waals surface area contributed by atoms with Gasteiger partial charge in [0.15, 0.2) is 0 Å². The number of carbonyl (C=O) groups excluding carboxylic acids is 1. The van der Waals surface area contributed by atoms with E-state index in [1.807, 2.05) is 0 Å². The van der Waals surface area contributed by atoms with Gasteiger partial charge in [-0.25, -0.2) is 0 Å². The molecule has 0 radical (unpaired) electrons. The van der Waals surface area contributed by atoms with Gasteiger partial charge in [0, 0.05) is 6.92 Å². The van der Waals surface area contributed by atoms with E-state index in [2.05, 4.69) is 5.32 Å². The molecule has 1 amide bonds. The largest absolute Gasteiger partial charge is 0.343 e. The van der Waals surface area contributed by atoms with Crippen molar-refractivity contribution in [3.63, 3.8) is 0 Å². The fourth-order valence-electron chi connectivity index (χ4n) is 0.164. The van der Waals surface area contributed by atoms with Crippen molar-refractivity contribution in [2.24, 2.45) is 0 Å². The summed E-state index contributed by atoms with van der Waals surface area (Å²) in [7, 11) is 0. The molecule has 0 bridgehead atoms. The zero-order valence-electron chi connectivity index (χ0n) is 4.06. The van der Waals surface area contributed by atoms with E-state index >= 15 is 0 Å². The molecule has 0 saturated carbocycles. The molecule has 0 aromatic carbocycles. The molecular formula is C4H6N2O. The molecule has 0 aromatic rings. The van der Waals surface area contributed by atoms with E-state index in [0.29, 0.717) is 0 Å². The van der Waals surface area contributed by atoms with Gasteiger partial charge in [0.05, 0.1) is 6.07 Å². The number of amides is 1. The Labute approximate surface area is 41.9 Å². The third-order valence-electron chi connectivity index (χ3n) is 0.416. The average Bonchev–Trinajstić information content (AvgIpc) is 1.61. The van der Waals surface area contributed by atoms with E-state index in [0.717, 1.165) is 0 Å². The maximum absolute atomic E-state index is 9.94. The van der Waals surface area contributed by atoms with E-state index in [9.17, 15) is 4.79 Å². The minimum atomic E-state index is -0.165. The van der Waals surface area contributed by atoms with E-state index in [1.54, 1.807) is 6.07 Å². The lowest BCUT2D eigenvalue weighted by Crippen LogP contribution is -2.19. The lowest BCUT2D eigenvalue weighted by atomic mass is 10.6. The number of rotatable bonds is 1. The van der Waals surface area contributed by atoms with Crippen LogP contribution in [0.25, 0.3) is 0 Å². The molecule has 0 heterocycles. The van der Waals surface area contributed by atoms with Gasteiger partial charge >= 0.3 is 0 Å². The molecule has 1 N–H and O–H groups in total. The lowest BCUT2D eigenvalue weighted by Gasteiger charge is -1.86. The Bertz CT molecular complexity index is 103. The number of carbonyl (C=O) groups is 1. The van der Waals surface area contributed by atoms with Gasteiger partial charge in [0.2, 0.25) is 5.91 Å². The Balaban J connectivity index is 3.02. The molecular weight excluding hydrogens is 92.1 g/mol. The van der Waals surface area contributed by atoms with Crippen LogP contribution in [0.3, 0.4) is 0 Å². The molecule has 0 atom stereocenters. The molecule has 0 aromatic heterocycles.